The zero-order valence-electron chi connectivity index (χ0n) is 16.3. The van der Waals surface area contributed by atoms with E-state index >= 15 is 0 Å². The molecule has 8 heteroatoms. The molecule has 1 N–H and O–H groups in total. The first kappa shape index (κ1) is 21.1. The molecule has 1 aromatic carbocycles. The Morgan fingerprint density at radius 3 is 2.22 bits per heavy atom. The van der Waals surface area contributed by atoms with Crippen molar-refractivity contribution in [2.75, 3.05) is 28.4 Å². The molecule has 0 spiro atoms. The van der Waals surface area contributed by atoms with Crippen LogP contribution >= 0.6 is 0 Å². The highest BCUT2D eigenvalue weighted by Crippen LogP contribution is 2.38. The van der Waals surface area contributed by atoms with Crippen LogP contribution in [0.25, 0.3) is 0 Å². The second kappa shape index (κ2) is 9.16. The first-order valence-corrected chi connectivity index (χ1v) is 8.65. The molecule has 27 heavy (non-hydrogen) atoms. The Balaban J connectivity index is 2.30. The molecule has 1 aliphatic rings. The largest absolute Gasteiger partial charge is 0.497 e. The lowest BCUT2D eigenvalue weighted by Gasteiger charge is -2.42. The summed E-state index contributed by atoms with van der Waals surface area (Å²) in [6, 6.07) is 7.30. The Morgan fingerprint density at radius 1 is 1.15 bits per heavy atom. The lowest BCUT2D eigenvalue weighted by Crippen LogP contribution is -2.53. The van der Waals surface area contributed by atoms with E-state index < -0.39 is 23.6 Å². The topological polar surface area (TPSA) is 92.3 Å². The van der Waals surface area contributed by atoms with Gasteiger partial charge in [0.15, 0.2) is 11.7 Å². The first-order valence-electron chi connectivity index (χ1n) is 8.65. The predicted octanol–water partition coefficient (Wildman–Crippen LogP) is 1.79. The summed E-state index contributed by atoms with van der Waals surface area (Å²) in [7, 11) is 5.66. The van der Waals surface area contributed by atoms with Gasteiger partial charge in [-0.1, -0.05) is 12.1 Å². The molecule has 1 fully saturated rings. The number of esters is 2. The molecule has 2 rings (SSSR count). The molecule has 0 aromatic heterocycles. The zero-order chi connectivity index (χ0) is 20.0. The minimum atomic E-state index is -1.05. The van der Waals surface area contributed by atoms with Crippen molar-refractivity contribution in [3.8, 4) is 5.75 Å². The van der Waals surface area contributed by atoms with E-state index in [4.69, 9.17) is 23.8 Å². The molecule has 1 aliphatic heterocycles. The van der Waals surface area contributed by atoms with Crippen molar-refractivity contribution in [1.82, 2.24) is 5.48 Å². The third-order valence-corrected chi connectivity index (χ3v) is 4.94. The van der Waals surface area contributed by atoms with Crippen LogP contribution in [0.5, 0.6) is 5.75 Å². The van der Waals surface area contributed by atoms with E-state index in [0.717, 1.165) is 11.3 Å². The van der Waals surface area contributed by atoms with E-state index in [1.807, 2.05) is 31.2 Å². The number of ether oxygens (including phenoxy) is 4. The van der Waals surface area contributed by atoms with Crippen molar-refractivity contribution in [3.05, 3.63) is 29.8 Å². The summed E-state index contributed by atoms with van der Waals surface area (Å²) in [4.78, 5) is 29.8. The number of carbonyl (C=O) groups is 2. The average molecular weight is 381 g/mol. The van der Waals surface area contributed by atoms with Gasteiger partial charge in [0, 0.05) is 25.5 Å². The third-order valence-electron chi connectivity index (χ3n) is 4.94. The van der Waals surface area contributed by atoms with Crippen LogP contribution in [0.4, 0.5) is 0 Å². The molecule has 0 unspecified atom stereocenters. The van der Waals surface area contributed by atoms with Crippen molar-refractivity contribution in [2.24, 2.45) is 5.92 Å². The van der Waals surface area contributed by atoms with Crippen molar-refractivity contribution in [2.45, 2.75) is 37.5 Å². The van der Waals surface area contributed by atoms with Crippen LogP contribution in [-0.4, -0.2) is 52.2 Å². The molecule has 0 bridgehead atoms. The lowest BCUT2D eigenvalue weighted by atomic mass is 9.81. The Kier molecular flexibility index (Phi) is 7.18. The van der Waals surface area contributed by atoms with Crippen LogP contribution < -0.4 is 10.2 Å². The van der Waals surface area contributed by atoms with Crippen LogP contribution in [0.1, 0.15) is 31.2 Å². The van der Waals surface area contributed by atoms with Crippen molar-refractivity contribution >= 4 is 11.9 Å². The quantitative estimate of drug-likeness (QED) is 0.565. The predicted molar refractivity (Wildman–Crippen MR) is 95.9 cm³/mol. The fourth-order valence-electron chi connectivity index (χ4n) is 3.23. The summed E-state index contributed by atoms with van der Waals surface area (Å²) in [5.74, 6) is -2.51. The Morgan fingerprint density at radius 2 is 1.74 bits per heavy atom. The summed E-state index contributed by atoms with van der Waals surface area (Å²) in [5, 5.41) is 0. The molecule has 3 atom stereocenters. The van der Waals surface area contributed by atoms with E-state index in [2.05, 4.69) is 5.48 Å². The number of rotatable bonds is 7. The zero-order valence-corrected chi connectivity index (χ0v) is 16.3. The first-order chi connectivity index (χ1) is 12.9. The van der Waals surface area contributed by atoms with Crippen molar-refractivity contribution in [1.29, 1.82) is 0 Å². The number of benzene rings is 1. The fourth-order valence-corrected chi connectivity index (χ4v) is 3.23. The fraction of sp³-hybridized carbons (Fsp3) is 0.579. The minimum absolute atomic E-state index is 0.0774. The van der Waals surface area contributed by atoms with E-state index in [1.165, 1.54) is 14.2 Å². The molecule has 150 valence electrons. The molecular weight excluding hydrogens is 354 g/mol. The van der Waals surface area contributed by atoms with Gasteiger partial charge in [-0.2, -0.15) is 5.48 Å². The maximum Gasteiger partial charge on any atom is 0.320 e. The van der Waals surface area contributed by atoms with Gasteiger partial charge < -0.3 is 18.9 Å². The SMILES string of the molecule is COC(=O)C(C[C@@H]1NO[C@](C)(OC)C[C@H]1c1ccc(OC)cc1)C(=O)OC. The Labute approximate surface area is 159 Å². The van der Waals surface area contributed by atoms with E-state index in [0.29, 0.717) is 6.42 Å². The standard InChI is InChI=1S/C19H27NO7/c1-19(26-5)11-15(12-6-8-13(23-2)9-7-12)16(20-27-19)10-14(17(21)24-3)18(22)25-4/h6-9,14-16,20H,10-11H2,1-5H3/t15-,16-,19-/m0/s1. The number of hydrogen-bond donors (Lipinski definition) is 1. The molecule has 0 saturated carbocycles. The Bertz CT molecular complexity index is 632. The highest BCUT2D eigenvalue weighted by Gasteiger charge is 2.43. The van der Waals surface area contributed by atoms with Crippen LogP contribution in [0.15, 0.2) is 24.3 Å². The van der Waals surface area contributed by atoms with Gasteiger partial charge in [0.05, 0.1) is 21.3 Å². The van der Waals surface area contributed by atoms with Gasteiger partial charge in [-0.15, -0.1) is 0 Å². The molecule has 1 heterocycles. The normalized spacial score (nSPS) is 25.1. The van der Waals surface area contributed by atoms with E-state index in [9.17, 15) is 9.59 Å². The van der Waals surface area contributed by atoms with E-state index in [-0.39, 0.29) is 18.4 Å². The molecular formula is C19H27NO7. The molecule has 0 radical (unpaired) electrons. The highest BCUT2D eigenvalue weighted by atomic mass is 16.8. The van der Waals surface area contributed by atoms with E-state index in [1.54, 1.807) is 14.2 Å². The average Bonchev–Trinajstić information content (AvgIpc) is 2.71. The second-order valence-corrected chi connectivity index (χ2v) is 6.58. The van der Waals surface area contributed by atoms with Gasteiger partial charge in [-0.25, -0.2) is 0 Å². The summed E-state index contributed by atoms with van der Waals surface area (Å²) < 4.78 is 20.2. The van der Waals surface area contributed by atoms with Crippen LogP contribution in [0.3, 0.4) is 0 Å². The van der Waals surface area contributed by atoms with Crippen LogP contribution in [-0.2, 0) is 28.6 Å². The number of hydroxylamine groups is 1. The van der Waals surface area contributed by atoms with Gasteiger partial charge in [-0.3, -0.25) is 14.4 Å². The lowest BCUT2D eigenvalue weighted by molar-refractivity contribution is -0.279. The van der Waals surface area contributed by atoms with Gasteiger partial charge in [0.1, 0.15) is 5.75 Å². The maximum atomic E-state index is 12.1. The van der Waals surface area contributed by atoms with Crippen LogP contribution in [0, 0.1) is 5.92 Å². The van der Waals surface area contributed by atoms with Crippen LogP contribution in [0.2, 0.25) is 0 Å². The molecule has 1 aromatic rings. The number of nitrogens with one attached hydrogen (secondary N) is 1. The Hall–Kier alpha value is -2.16. The van der Waals surface area contributed by atoms with Gasteiger partial charge in [0.2, 0.25) is 0 Å². The highest BCUT2D eigenvalue weighted by molar-refractivity contribution is 5.94. The summed E-state index contributed by atoms with van der Waals surface area (Å²) in [6.07, 6.45) is 0.693. The van der Waals surface area contributed by atoms with Crippen molar-refractivity contribution in [3.63, 3.8) is 0 Å². The monoisotopic (exact) mass is 381 g/mol. The van der Waals surface area contributed by atoms with Gasteiger partial charge in [0.25, 0.3) is 0 Å². The minimum Gasteiger partial charge on any atom is -0.497 e. The summed E-state index contributed by atoms with van der Waals surface area (Å²) in [5.41, 5.74) is 3.96. The van der Waals surface area contributed by atoms with Gasteiger partial charge >= 0.3 is 11.9 Å². The molecule has 0 amide bonds. The maximum absolute atomic E-state index is 12.1. The number of carbonyl (C=O) groups excluding carboxylic acids is 2. The second-order valence-electron chi connectivity index (χ2n) is 6.58. The smallest absolute Gasteiger partial charge is 0.320 e. The number of hydrogen-bond acceptors (Lipinski definition) is 8. The molecule has 8 nitrogen and oxygen atoms in total. The third kappa shape index (κ3) is 4.97. The van der Waals surface area contributed by atoms with Crippen molar-refractivity contribution < 1.29 is 33.4 Å². The number of methoxy groups -OCH3 is 4. The summed E-state index contributed by atoms with van der Waals surface area (Å²) >= 11 is 0. The molecule has 1 saturated heterocycles. The van der Waals surface area contributed by atoms with Gasteiger partial charge in [-0.05, 0) is 31.0 Å². The summed E-state index contributed by atoms with van der Waals surface area (Å²) in [6.45, 7) is 1.82. The molecule has 0 aliphatic carbocycles.